The van der Waals surface area contributed by atoms with Crippen LogP contribution in [0.1, 0.15) is 11.1 Å². The molecule has 3 aromatic rings. The molecule has 1 N–H and O–H groups in total. The van der Waals surface area contributed by atoms with Crippen molar-refractivity contribution in [1.82, 2.24) is 5.32 Å². The number of nitrogens with zero attached hydrogens (tertiary/aromatic N) is 1. The molecule has 0 aromatic heterocycles. The summed E-state index contributed by atoms with van der Waals surface area (Å²) in [6, 6.07) is 22.8. The van der Waals surface area contributed by atoms with Gasteiger partial charge < -0.3 is 10.1 Å². The molecular formula is C23H16BrClN2O2S. The smallest absolute Gasteiger partial charge is 0.264 e. The maximum Gasteiger partial charge on any atom is 0.264 e. The summed E-state index contributed by atoms with van der Waals surface area (Å²) >= 11 is 10.8. The molecule has 30 heavy (non-hydrogen) atoms. The van der Waals surface area contributed by atoms with Gasteiger partial charge in [-0.25, -0.2) is 4.99 Å². The molecule has 1 amide bonds. The van der Waals surface area contributed by atoms with E-state index < -0.39 is 0 Å². The summed E-state index contributed by atoms with van der Waals surface area (Å²) in [6.07, 6.45) is 1.81. The maximum atomic E-state index is 12.5. The maximum absolute atomic E-state index is 12.5. The van der Waals surface area contributed by atoms with Crippen molar-refractivity contribution in [2.24, 2.45) is 4.99 Å². The molecule has 0 unspecified atom stereocenters. The van der Waals surface area contributed by atoms with E-state index >= 15 is 0 Å². The van der Waals surface area contributed by atoms with Crippen molar-refractivity contribution in [3.05, 3.63) is 98.3 Å². The van der Waals surface area contributed by atoms with E-state index in [4.69, 9.17) is 16.3 Å². The first-order valence-corrected chi connectivity index (χ1v) is 11.1. The summed E-state index contributed by atoms with van der Waals surface area (Å²) in [7, 11) is 0. The number of benzene rings is 3. The summed E-state index contributed by atoms with van der Waals surface area (Å²) in [6.45, 7) is 0.444. The molecule has 150 valence electrons. The van der Waals surface area contributed by atoms with Crippen molar-refractivity contribution in [2.45, 2.75) is 6.61 Å². The first-order chi connectivity index (χ1) is 14.6. The van der Waals surface area contributed by atoms with Gasteiger partial charge in [-0.15, -0.1) is 0 Å². The number of hydrogen-bond donors (Lipinski definition) is 1. The molecule has 0 saturated carbocycles. The van der Waals surface area contributed by atoms with Crippen LogP contribution >= 0.6 is 39.3 Å². The predicted molar refractivity (Wildman–Crippen MR) is 127 cm³/mol. The Balaban J connectivity index is 1.56. The number of thioether (sulfide) groups is 1. The second-order valence-electron chi connectivity index (χ2n) is 6.42. The minimum atomic E-state index is -0.199. The highest BCUT2D eigenvalue weighted by molar-refractivity contribution is 9.10. The van der Waals surface area contributed by atoms with E-state index in [2.05, 4.69) is 26.2 Å². The van der Waals surface area contributed by atoms with E-state index in [0.29, 0.717) is 33.1 Å². The number of carbonyl (C=O) groups excluding carboxylic acids is 1. The number of amidine groups is 1. The Kier molecular flexibility index (Phi) is 6.57. The lowest BCUT2D eigenvalue weighted by molar-refractivity contribution is -0.115. The monoisotopic (exact) mass is 498 g/mol. The molecule has 0 atom stereocenters. The van der Waals surface area contributed by atoms with Gasteiger partial charge in [-0.3, -0.25) is 4.79 Å². The van der Waals surface area contributed by atoms with Gasteiger partial charge in [0.05, 0.1) is 10.6 Å². The van der Waals surface area contributed by atoms with E-state index in [1.807, 2.05) is 66.7 Å². The summed E-state index contributed by atoms with van der Waals surface area (Å²) in [5, 5.41) is 3.90. The third-order valence-corrected chi connectivity index (χ3v) is 5.82. The van der Waals surface area contributed by atoms with Gasteiger partial charge in [0.15, 0.2) is 5.17 Å². The number of halogens is 2. The highest BCUT2D eigenvalue weighted by Gasteiger charge is 2.24. The fraction of sp³-hybridized carbons (Fsp3) is 0.0435. The van der Waals surface area contributed by atoms with Crippen LogP contribution in [0.4, 0.5) is 5.69 Å². The van der Waals surface area contributed by atoms with Crippen LogP contribution in [0.25, 0.3) is 6.08 Å². The van der Waals surface area contributed by atoms with Gasteiger partial charge in [-0.05, 0) is 59.8 Å². The molecule has 1 heterocycles. The molecule has 1 aliphatic rings. The van der Waals surface area contributed by atoms with Gasteiger partial charge in [0.1, 0.15) is 12.4 Å². The summed E-state index contributed by atoms with van der Waals surface area (Å²) in [5.41, 5.74) is 2.56. The fourth-order valence-electron chi connectivity index (χ4n) is 2.78. The van der Waals surface area contributed by atoms with Crippen molar-refractivity contribution in [3.63, 3.8) is 0 Å². The number of aliphatic imine (C=N–C) groups is 1. The standard InChI is InChI=1S/C23H16BrClN2O2S/c24-17-9-10-20(29-14-15-5-2-1-3-6-15)16(11-17)12-21-22(28)27-23(30-21)26-19-8-4-7-18(25)13-19/h1-13H,14H2,(H,26,27,28)/b21-12+. The lowest BCUT2D eigenvalue weighted by Gasteiger charge is -2.10. The van der Waals surface area contributed by atoms with Crippen LogP contribution in [0.2, 0.25) is 5.02 Å². The molecule has 1 fully saturated rings. The average molecular weight is 500 g/mol. The van der Waals surface area contributed by atoms with Gasteiger partial charge in [0.2, 0.25) is 0 Å². The number of ether oxygens (including phenoxy) is 1. The fourth-order valence-corrected chi connectivity index (χ4v) is 4.18. The number of amides is 1. The number of rotatable bonds is 5. The van der Waals surface area contributed by atoms with Crippen LogP contribution in [0, 0.1) is 0 Å². The SMILES string of the molecule is O=C1NC(=Nc2cccc(Cl)c2)S/C1=C/c1cc(Br)ccc1OCc1ccccc1. The number of carbonyl (C=O) groups is 1. The molecule has 1 aliphatic heterocycles. The molecule has 1 saturated heterocycles. The minimum absolute atomic E-state index is 0.199. The first-order valence-electron chi connectivity index (χ1n) is 9.08. The van der Waals surface area contributed by atoms with E-state index in [9.17, 15) is 4.79 Å². The second kappa shape index (κ2) is 9.51. The Labute approximate surface area is 192 Å². The van der Waals surface area contributed by atoms with E-state index in [1.54, 1.807) is 12.1 Å². The van der Waals surface area contributed by atoms with Crippen LogP contribution in [0.5, 0.6) is 5.75 Å². The Hall–Kier alpha value is -2.54. The van der Waals surface area contributed by atoms with Crippen LogP contribution < -0.4 is 10.1 Å². The second-order valence-corrected chi connectivity index (χ2v) is 8.80. The number of nitrogens with one attached hydrogen (secondary N) is 1. The normalized spacial score (nSPS) is 16.1. The van der Waals surface area contributed by atoms with E-state index in [1.165, 1.54) is 11.8 Å². The Morgan fingerprint density at radius 1 is 1.07 bits per heavy atom. The van der Waals surface area contributed by atoms with Gasteiger partial charge in [0.25, 0.3) is 5.91 Å². The third-order valence-electron chi connectivity index (χ3n) is 4.19. The molecular weight excluding hydrogens is 484 g/mol. The largest absolute Gasteiger partial charge is 0.488 e. The Bertz CT molecular complexity index is 1150. The van der Waals surface area contributed by atoms with Gasteiger partial charge in [-0.1, -0.05) is 63.9 Å². The summed E-state index contributed by atoms with van der Waals surface area (Å²) in [5.74, 6) is 0.498. The van der Waals surface area contributed by atoms with Gasteiger partial charge in [0, 0.05) is 15.1 Å². The molecule has 4 nitrogen and oxygen atoms in total. The van der Waals surface area contributed by atoms with Gasteiger partial charge in [-0.2, -0.15) is 0 Å². The minimum Gasteiger partial charge on any atom is -0.488 e. The van der Waals surface area contributed by atoms with E-state index in [-0.39, 0.29) is 5.91 Å². The molecule has 0 radical (unpaired) electrons. The van der Waals surface area contributed by atoms with Crippen LogP contribution in [0.3, 0.4) is 0 Å². The van der Waals surface area contributed by atoms with Gasteiger partial charge >= 0.3 is 0 Å². The third kappa shape index (κ3) is 5.33. The Morgan fingerprint density at radius 3 is 2.70 bits per heavy atom. The quantitative estimate of drug-likeness (QED) is 0.404. The van der Waals surface area contributed by atoms with Crippen molar-refractivity contribution >= 4 is 62.1 Å². The topological polar surface area (TPSA) is 50.7 Å². The summed E-state index contributed by atoms with van der Waals surface area (Å²) < 4.78 is 6.91. The highest BCUT2D eigenvalue weighted by Crippen LogP contribution is 2.32. The highest BCUT2D eigenvalue weighted by atomic mass is 79.9. The lowest BCUT2D eigenvalue weighted by atomic mass is 10.2. The molecule has 7 heteroatoms. The van der Waals surface area contributed by atoms with Crippen molar-refractivity contribution in [1.29, 1.82) is 0 Å². The van der Waals surface area contributed by atoms with Crippen LogP contribution in [0.15, 0.2) is 87.2 Å². The van der Waals surface area contributed by atoms with E-state index in [0.717, 1.165) is 15.6 Å². The molecule has 0 aliphatic carbocycles. The number of hydrogen-bond acceptors (Lipinski definition) is 4. The van der Waals surface area contributed by atoms with Crippen molar-refractivity contribution in [2.75, 3.05) is 0 Å². The molecule has 3 aromatic carbocycles. The molecule has 0 spiro atoms. The zero-order chi connectivity index (χ0) is 20.9. The molecule has 4 rings (SSSR count). The van der Waals surface area contributed by atoms with Crippen LogP contribution in [-0.2, 0) is 11.4 Å². The predicted octanol–water partition coefficient (Wildman–Crippen LogP) is 6.57. The Morgan fingerprint density at radius 2 is 1.90 bits per heavy atom. The summed E-state index contributed by atoms with van der Waals surface area (Å²) in [4.78, 5) is 17.5. The zero-order valence-corrected chi connectivity index (χ0v) is 18.8. The zero-order valence-electron chi connectivity index (χ0n) is 15.6. The lowest BCUT2D eigenvalue weighted by Crippen LogP contribution is -2.19. The van der Waals surface area contributed by atoms with Crippen LogP contribution in [-0.4, -0.2) is 11.1 Å². The van der Waals surface area contributed by atoms with Crippen molar-refractivity contribution in [3.8, 4) is 5.75 Å². The van der Waals surface area contributed by atoms with Crippen molar-refractivity contribution < 1.29 is 9.53 Å². The first kappa shape index (κ1) is 20.7. The molecule has 0 bridgehead atoms. The average Bonchev–Trinajstić information content (AvgIpc) is 3.07.